The maximum absolute atomic E-state index is 13.8. The average Bonchev–Trinajstić information content (AvgIpc) is 2.99. The number of benzene rings is 1. The number of aldehydes is 1. The highest BCUT2D eigenvalue weighted by molar-refractivity contribution is 5.76. The molecule has 0 unspecified atom stereocenters. The van der Waals surface area contributed by atoms with E-state index in [9.17, 15) is 22.4 Å². The molecule has 0 radical (unpaired) electrons. The molecule has 0 N–H and O–H groups in total. The normalized spacial score (nSPS) is 11.5. The van der Waals surface area contributed by atoms with Crippen LogP contribution in [0.5, 0.6) is 0 Å². The van der Waals surface area contributed by atoms with Gasteiger partial charge in [-0.3, -0.25) is 9.78 Å². The van der Waals surface area contributed by atoms with Crippen LogP contribution in [0.4, 0.5) is 17.6 Å². The number of rotatable bonds is 3. The second-order valence-electron chi connectivity index (χ2n) is 4.89. The Hall–Kier alpha value is -3.03. The maximum atomic E-state index is 13.8. The molecular formula is C16H9F4N3O. The number of pyridine rings is 1. The highest BCUT2D eigenvalue weighted by atomic mass is 19.4. The first-order chi connectivity index (χ1) is 11.4. The third-order valence-electron chi connectivity index (χ3n) is 3.31. The monoisotopic (exact) mass is 335 g/mol. The molecule has 2 heterocycles. The fraction of sp³-hybridized carbons (Fsp3) is 0.0625. The Morgan fingerprint density at radius 2 is 1.92 bits per heavy atom. The summed E-state index contributed by atoms with van der Waals surface area (Å²) in [6.07, 6.45) is -1.24. The second-order valence-corrected chi connectivity index (χ2v) is 4.89. The Kier molecular flexibility index (Phi) is 3.88. The predicted molar refractivity (Wildman–Crippen MR) is 77.1 cm³/mol. The van der Waals surface area contributed by atoms with Gasteiger partial charge in [0.2, 0.25) is 0 Å². The van der Waals surface area contributed by atoms with Crippen molar-refractivity contribution in [3.8, 4) is 16.9 Å². The lowest BCUT2D eigenvalue weighted by Crippen LogP contribution is -2.09. The van der Waals surface area contributed by atoms with Crippen LogP contribution in [0.2, 0.25) is 0 Å². The van der Waals surface area contributed by atoms with Crippen molar-refractivity contribution in [2.24, 2.45) is 0 Å². The van der Waals surface area contributed by atoms with Gasteiger partial charge in [-0.1, -0.05) is 0 Å². The van der Waals surface area contributed by atoms with Gasteiger partial charge in [-0.2, -0.15) is 18.3 Å². The van der Waals surface area contributed by atoms with Gasteiger partial charge >= 0.3 is 6.18 Å². The van der Waals surface area contributed by atoms with Crippen LogP contribution < -0.4 is 0 Å². The van der Waals surface area contributed by atoms with E-state index >= 15 is 0 Å². The summed E-state index contributed by atoms with van der Waals surface area (Å²) >= 11 is 0. The number of nitrogens with zero attached hydrogens (tertiary/aromatic N) is 3. The zero-order valence-corrected chi connectivity index (χ0v) is 12.0. The number of alkyl halides is 3. The molecule has 1 aromatic carbocycles. The Morgan fingerprint density at radius 1 is 1.12 bits per heavy atom. The fourth-order valence-electron chi connectivity index (χ4n) is 2.24. The highest BCUT2D eigenvalue weighted by Gasteiger charge is 2.34. The van der Waals surface area contributed by atoms with Crippen molar-refractivity contribution in [1.29, 1.82) is 0 Å². The van der Waals surface area contributed by atoms with Gasteiger partial charge < -0.3 is 0 Å². The smallest absolute Gasteiger partial charge is 0.296 e. The molecule has 0 aliphatic rings. The van der Waals surface area contributed by atoms with Crippen LogP contribution in [0.1, 0.15) is 16.1 Å². The SMILES string of the molecule is O=Cc1cc(-c2cccnc2)n(-c2ccc(C(F)(F)F)c(F)c2)n1. The Morgan fingerprint density at radius 3 is 2.50 bits per heavy atom. The molecule has 0 fully saturated rings. The van der Waals surface area contributed by atoms with E-state index in [1.807, 2.05) is 0 Å². The van der Waals surface area contributed by atoms with Gasteiger partial charge in [0.05, 0.1) is 16.9 Å². The van der Waals surface area contributed by atoms with Crippen molar-refractivity contribution in [3.05, 3.63) is 65.9 Å². The number of hydrogen-bond acceptors (Lipinski definition) is 3. The number of carbonyl (C=O) groups is 1. The van der Waals surface area contributed by atoms with E-state index in [0.29, 0.717) is 23.6 Å². The summed E-state index contributed by atoms with van der Waals surface area (Å²) in [5.41, 5.74) is -0.249. The third kappa shape index (κ3) is 2.90. The second kappa shape index (κ2) is 5.88. The van der Waals surface area contributed by atoms with Gasteiger partial charge in [-0.25, -0.2) is 9.07 Å². The molecular weight excluding hydrogens is 326 g/mol. The Bertz CT molecular complexity index is 888. The molecule has 24 heavy (non-hydrogen) atoms. The van der Waals surface area contributed by atoms with Crippen LogP contribution in [0.25, 0.3) is 16.9 Å². The van der Waals surface area contributed by atoms with E-state index < -0.39 is 17.6 Å². The number of aromatic nitrogens is 3. The molecule has 3 rings (SSSR count). The van der Waals surface area contributed by atoms with Crippen LogP contribution in [0.3, 0.4) is 0 Å². The molecule has 0 saturated heterocycles. The van der Waals surface area contributed by atoms with Crippen LogP contribution in [-0.4, -0.2) is 21.1 Å². The van der Waals surface area contributed by atoms with Gasteiger partial charge in [0.25, 0.3) is 0 Å². The van der Waals surface area contributed by atoms with Gasteiger partial charge in [0, 0.05) is 24.0 Å². The third-order valence-corrected chi connectivity index (χ3v) is 3.31. The zero-order chi connectivity index (χ0) is 17.3. The quantitative estimate of drug-likeness (QED) is 0.539. The topological polar surface area (TPSA) is 47.8 Å². The standard InChI is InChI=1S/C16H9F4N3O/c17-14-7-12(3-4-13(14)16(18,19)20)23-15(6-11(9-24)22-23)10-2-1-5-21-8-10/h1-9H. The molecule has 0 aliphatic carbocycles. The molecule has 0 spiro atoms. The van der Waals surface area contributed by atoms with Gasteiger partial charge in [0.15, 0.2) is 6.29 Å². The van der Waals surface area contributed by atoms with Gasteiger partial charge in [0.1, 0.15) is 11.5 Å². The molecule has 0 aliphatic heterocycles. The first-order valence-corrected chi connectivity index (χ1v) is 6.73. The molecule has 0 bridgehead atoms. The van der Waals surface area contributed by atoms with Crippen LogP contribution in [0.15, 0.2) is 48.8 Å². The molecule has 0 atom stereocenters. The summed E-state index contributed by atoms with van der Waals surface area (Å²) in [4.78, 5) is 14.9. The van der Waals surface area contributed by atoms with Crippen molar-refractivity contribution in [1.82, 2.24) is 14.8 Å². The first-order valence-electron chi connectivity index (χ1n) is 6.73. The Labute approximate surface area is 133 Å². The minimum Gasteiger partial charge on any atom is -0.296 e. The molecule has 3 aromatic rings. The molecule has 0 saturated carbocycles. The first kappa shape index (κ1) is 15.9. The zero-order valence-electron chi connectivity index (χ0n) is 12.0. The molecule has 0 amide bonds. The van der Waals surface area contributed by atoms with E-state index in [-0.39, 0.29) is 11.4 Å². The van der Waals surface area contributed by atoms with Crippen molar-refractivity contribution in [3.63, 3.8) is 0 Å². The minimum atomic E-state index is -4.78. The van der Waals surface area contributed by atoms with Crippen molar-refractivity contribution in [2.45, 2.75) is 6.18 Å². The van der Waals surface area contributed by atoms with Crippen LogP contribution >= 0.6 is 0 Å². The predicted octanol–water partition coefficient (Wildman–Crippen LogP) is 3.90. The van der Waals surface area contributed by atoms with Crippen molar-refractivity contribution in [2.75, 3.05) is 0 Å². The van der Waals surface area contributed by atoms with Crippen LogP contribution in [0, 0.1) is 5.82 Å². The molecule has 122 valence electrons. The fourth-order valence-corrected chi connectivity index (χ4v) is 2.24. The highest BCUT2D eigenvalue weighted by Crippen LogP contribution is 2.33. The summed E-state index contributed by atoms with van der Waals surface area (Å²) in [5, 5.41) is 3.98. The van der Waals surface area contributed by atoms with Gasteiger partial charge in [-0.15, -0.1) is 0 Å². The maximum Gasteiger partial charge on any atom is 0.419 e. The van der Waals surface area contributed by atoms with E-state index in [0.717, 1.165) is 12.1 Å². The lowest BCUT2D eigenvalue weighted by Gasteiger charge is -2.11. The van der Waals surface area contributed by atoms with E-state index in [4.69, 9.17) is 0 Å². The summed E-state index contributed by atoms with van der Waals surface area (Å²) in [5.74, 6) is -1.42. The van der Waals surface area contributed by atoms with E-state index in [2.05, 4.69) is 10.1 Å². The average molecular weight is 335 g/mol. The molecule has 8 heteroatoms. The molecule has 4 nitrogen and oxygen atoms in total. The lowest BCUT2D eigenvalue weighted by atomic mass is 10.1. The van der Waals surface area contributed by atoms with E-state index in [1.165, 1.54) is 16.9 Å². The summed E-state index contributed by atoms with van der Waals surface area (Å²) in [6.45, 7) is 0. The van der Waals surface area contributed by atoms with Gasteiger partial charge in [-0.05, 0) is 30.3 Å². The largest absolute Gasteiger partial charge is 0.419 e. The lowest BCUT2D eigenvalue weighted by molar-refractivity contribution is -0.140. The number of carbonyl (C=O) groups excluding carboxylic acids is 1. The van der Waals surface area contributed by atoms with Crippen molar-refractivity contribution >= 4 is 6.29 Å². The summed E-state index contributed by atoms with van der Waals surface area (Å²) in [6, 6.07) is 7.24. The number of hydrogen-bond donors (Lipinski definition) is 0. The summed E-state index contributed by atoms with van der Waals surface area (Å²) < 4.78 is 53.0. The van der Waals surface area contributed by atoms with Crippen LogP contribution in [-0.2, 0) is 6.18 Å². The molecule has 2 aromatic heterocycles. The van der Waals surface area contributed by atoms with E-state index in [1.54, 1.807) is 18.3 Å². The van der Waals surface area contributed by atoms with Crippen molar-refractivity contribution < 1.29 is 22.4 Å². The number of halogens is 4. The summed E-state index contributed by atoms with van der Waals surface area (Å²) in [7, 11) is 0. The minimum absolute atomic E-state index is 0.0625. The Balaban J connectivity index is 2.15.